The number of benzene rings is 2. The number of hydrogen-bond donors (Lipinski definition) is 2. The summed E-state index contributed by atoms with van der Waals surface area (Å²) in [7, 11) is 0. The number of alkyl halides is 3. The molecule has 2 aromatic carbocycles. The number of aromatic nitrogens is 1. The first kappa shape index (κ1) is 24.2. The quantitative estimate of drug-likeness (QED) is 0.436. The van der Waals surface area contributed by atoms with Gasteiger partial charge in [-0.05, 0) is 67.3 Å². The van der Waals surface area contributed by atoms with Crippen molar-refractivity contribution in [2.24, 2.45) is 0 Å². The summed E-state index contributed by atoms with van der Waals surface area (Å²) in [5, 5.41) is 5.91. The van der Waals surface area contributed by atoms with E-state index in [2.05, 4.69) is 15.6 Å². The molecule has 0 saturated carbocycles. The maximum absolute atomic E-state index is 13.3. The number of hydrogen-bond acceptors (Lipinski definition) is 3. The lowest BCUT2D eigenvalue weighted by molar-refractivity contribution is -0.137. The summed E-state index contributed by atoms with van der Waals surface area (Å²) in [5.74, 6) is -0.651. The number of halogens is 4. The Hall–Kier alpha value is -2.90. The van der Waals surface area contributed by atoms with E-state index in [0.717, 1.165) is 48.6 Å². The van der Waals surface area contributed by atoms with Gasteiger partial charge in [0.2, 0.25) is 0 Å². The minimum atomic E-state index is -4.65. The van der Waals surface area contributed by atoms with Gasteiger partial charge in [-0.15, -0.1) is 0 Å². The number of pyridine rings is 1. The maximum Gasteiger partial charge on any atom is 0.417 e. The highest BCUT2D eigenvalue weighted by Crippen LogP contribution is 2.38. The van der Waals surface area contributed by atoms with E-state index in [-0.39, 0.29) is 5.56 Å². The van der Waals surface area contributed by atoms with Crippen molar-refractivity contribution >= 4 is 17.5 Å². The topological polar surface area (TPSA) is 54.0 Å². The molecule has 0 bridgehead atoms. The predicted octanol–water partition coefficient (Wildman–Crippen LogP) is 6.42. The van der Waals surface area contributed by atoms with Crippen LogP contribution in [0.4, 0.5) is 13.2 Å². The van der Waals surface area contributed by atoms with E-state index < -0.39 is 34.3 Å². The van der Waals surface area contributed by atoms with Gasteiger partial charge in [-0.2, -0.15) is 13.2 Å². The van der Waals surface area contributed by atoms with Crippen molar-refractivity contribution in [2.75, 3.05) is 6.54 Å². The molecule has 1 aliphatic rings. The minimum Gasteiger partial charge on any atom is -0.343 e. The van der Waals surface area contributed by atoms with E-state index in [0.29, 0.717) is 0 Å². The largest absolute Gasteiger partial charge is 0.417 e. The number of carbonyl (C=O) groups is 1. The summed E-state index contributed by atoms with van der Waals surface area (Å²) < 4.78 is 40.0. The van der Waals surface area contributed by atoms with Crippen LogP contribution in [0, 0.1) is 0 Å². The van der Waals surface area contributed by atoms with Gasteiger partial charge in [0, 0.05) is 17.9 Å². The highest BCUT2D eigenvalue weighted by atomic mass is 35.5. The van der Waals surface area contributed by atoms with Gasteiger partial charge < -0.3 is 10.6 Å². The second kappa shape index (κ2) is 9.76. The average Bonchev–Trinajstić information content (AvgIpc) is 2.83. The van der Waals surface area contributed by atoms with Crippen molar-refractivity contribution in [3.05, 3.63) is 88.7 Å². The monoisotopic (exact) mass is 487 g/mol. The van der Waals surface area contributed by atoms with Crippen LogP contribution in [0.15, 0.2) is 67.0 Å². The van der Waals surface area contributed by atoms with Gasteiger partial charge in [-0.25, -0.2) is 0 Å². The lowest BCUT2D eigenvalue weighted by atomic mass is 9.79. The molecule has 8 heteroatoms. The van der Waals surface area contributed by atoms with Crippen LogP contribution in [0.5, 0.6) is 0 Å². The van der Waals surface area contributed by atoms with E-state index in [1.165, 1.54) is 12.1 Å². The number of amides is 1. The van der Waals surface area contributed by atoms with E-state index in [9.17, 15) is 18.0 Å². The van der Waals surface area contributed by atoms with Gasteiger partial charge in [0.15, 0.2) is 0 Å². The van der Waals surface area contributed by atoms with Crippen LogP contribution in [0.1, 0.15) is 53.7 Å². The third kappa shape index (κ3) is 5.10. The molecule has 2 N–H and O–H groups in total. The molecule has 2 heterocycles. The third-order valence-electron chi connectivity index (χ3n) is 6.33. The molecule has 3 aromatic rings. The van der Waals surface area contributed by atoms with Crippen molar-refractivity contribution in [1.82, 2.24) is 15.6 Å². The van der Waals surface area contributed by atoms with E-state index in [4.69, 9.17) is 11.6 Å². The SMILES string of the molecule is C[C@@]1([C@@H](NC(=O)c2cccc(C(F)(F)F)c2Cl)c2cccc(-c3cccnc3)c2)CCCCN1. The first-order chi connectivity index (χ1) is 16.2. The number of carbonyl (C=O) groups excluding carboxylic acids is 1. The fraction of sp³-hybridized carbons (Fsp3) is 0.308. The Morgan fingerprint density at radius 2 is 1.88 bits per heavy atom. The van der Waals surface area contributed by atoms with E-state index in [1.54, 1.807) is 12.4 Å². The second-order valence-corrected chi connectivity index (χ2v) is 9.12. The summed E-state index contributed by atoms with van der Waals surface area (Å²) >= 11 is 6.04. The van der Waals surface area contributed by atoms with E-state index in [1.807, 2.05) is 43.3 Å². The Balaban J connectivity index is 1.72. The summed E-state index contributed by atoms with van der Waals surface area (Å²) in [4.78, 5) is 17.4. The van der Waals surface area contributed by atoms with Crippen LogP contribution in [0.2, 0.25) is 5.02 Å². The van der Waals surface area contributed by atoms with Crippen molar-refractivity contribution in [3.63, 3.8) is 0 Å². The Labute approximate surface area is 201 Å². The zero-order valence-electron chi connectivity index (χ0n) is 18.6. The van der Waals surface area contributed by atoms with Gasteiger partial charge in [0.25, 0.3) is 5.91 Å². The standard InChI is InChI=1S/C26H25ClF3N3O/c1-25(12-2-3-14-32-25)23(18-8-4-7-17(15-18)19-9-6-13-31-16-19)33-24(34)20-10-5-11-21(22(20)27)26(28,29)30/h4-11,13,15-16,23,32H,2-3,12,14H2,1H3,(H,33,34)/t23-,25-/m0/s1. The molecule has 178 valence electrons. The highest BCUT2D eigenvalue weighted by Gasteiger charge is 2.39. The molecule has 0 unspecified atom stereocenters. The van der Waals surface area contributed by atoms with Crippen LogP contribution < -0.4 is 10.6 Å². The number of rotatable bonds is 5. The fourth-order valence-corrected chi connectivity index (χ4v) is 4.82. The Kier molecular flexibility index (Phi) is 6.96. The minimum absolute atomic E-state index is 0.204. The van der Waals surface area contributed by atoms with Crippen molar-refractivity contribution in [1.29, 1.82) is 0 Å². The van der Waals surface area contributed by atoms with Crippen molar-refractivity contribution in [3.8, 4) is 11.1 Å². The summed E-state index contributed by atoms with van der Waals surface area (Å²) in [6.45, 7) is 2.82. The molecular formula is C26H25ClF3N3O. The Morgan fingerprint density at radius 3 is 2.56 bits per heavy atom. The van der Waals surface area contributed by atoms with Crippen molar-refractivity contribution < 1.29 is 18.0 Å². The molecule has 1 amide bonds. The average molecular weight is 488 g/mol. The molecule has 0 spiro atoms. The molecule has 0 aliphatic carbocycles. The first-order valence-corrected chi connectivity index (χ1v) is 11.5. The van der Waals surface area contributed by atoms with Gasteiger partial charge in [0.1, 0.15) is 0 Å². The van der Waals surface area contributed by atoms with Gasteiger partial charge in [-0.3, -0.25) is 9.78 Å². The number of piperidine rings is 1. The lowest BCUT2D eigenvalue weighted by Gasteiger charge is -2.42. The van der Waals surface area contributed by atoms with Crippen LogP contribution in [0.25, 0.3) is 11.1 Å². The molecular weight excluding hydrogens is 463 g/mol. The van der Waals surface area contributed by atoms with Crippen LogP contribution in [-0.4, -0.2) is 23.0 Å². The molecule has 1 fully saturated rings. The smallest absolute Gasteiger partial charge is 0.343 e. The molecule has 1 aliphatic heterocycles. The maximum atomic E-state index is 13.3. The van der Waals surface area contributed by atoms with Gasteiger partial charge in [-0.1, -0.05) is 48.4 Å². The Bertz CT molecular complexity index is 1160. The molecule has 34 heavy (non-hydrogen) atoms. The predicted molar refractivity (Wildman–Crippen MR) is 127 cm³/mol. The molecule has 4 nitrogen and oxygen atoms in total. The van der Waals surface area contributed by atoms with Crippen LogP contribution >= 0.6 is 11.6 Å². The zero-order valence-corrected chi connectivity index (χ0v) is 19.4. The van der Waals surface area contributed by atoms with Gasteiger partial charge >= 0.3 is 6.18 Å². The summed E-state index contributed by atoms with van der Waals surface area (Å²) in [6, 6.07) is 14.4. The molecule has 1 aromatic heterocycles. The fourth-order valence-electron chi connectivity index (χ4n) is 4.50. The van der Waals surface area contributed by atoms with Crippen LogP contribution in [-0.2, 0) is 6.18 Å². The van der Waals surface area contributed by atoms with E-state index >= 15 is 0 Å². The number of nitrogens with zero attached hydrogens (tertiary/aromatic N) is 1. The highest BCUT2D eigenvalue weighted by molar-refractivity contribution is 6.34. The molecule has 1 saturated heterocycles. The zero-order chi connectivity index (χ0) is 24.3. The first-order valence-electron chi connectivity index (χ1n) is 11.1. The third-order valence-corrected chi connectivity index (χ3v) is 6.74. The van der Waals surface area contributed by atoms with Crippen LogP contribution in [0.3, 0.4) is 0 Å². The Morgan fingerprint density at radius 1 is 1.12 bits per heavy atom. The van der Waals surface area contributed by atoms with Crippen molar-refractivity contribution in [2.45, 2.75) is 43.9 Å². The lowest BCUT2D eigenvalue weighted by Crippen LogP contribution is -2.55. The molecule has 4 rings (SSSR count). The van der Waals surface area contributed by atoms with Gasteiger partial charge in [0.05, 0.1) is 22.2 Å². The normalized spacial score (nSPS) is 19.4. The number of nitrogens with one attached hydrogen (secondary N) is 2. The summed E-state index contributed by atoms with van der Waals surface area (Å²) in [5.41, 5.74) is 0.978. The molecule has 2 atom stereocenters. The summed E-state index contributed by atoms with van der Waals surface area (Å²) in [6.07, 6.45) is 1.60. The second-order valence-electron chi connectivity index (χ2n) is 8.74. The molecule has 0 radical (unpaired) electrons.